The van der Waals surface area contributed by atoms with Crippen LogP contribution in [-0.2, 0) is 9.53 Å². The lowest BCUT2D eigenvalue weighted by atomic mass is 9.88. The van der Waals surface area contributed by atoms with E-state index in [-0.39, 0.29) is 12.7 Å². The molecule has 0 fully saturated rings. The van der Waals surface area contributed by atoms with Crippen LogP contribution >= 0.6 is 23.1 Å². The largest absolute Gasteiger partial charge is 0.480 e. The summed E-state index contributed by atoms with van der Waals surface area (Å²) in [5.41, 5.74) is 5.68. The first-order valence-electron chi connectivity index (χ1n) is 11.4. The van der Waals surface area contributed by atoms with Gasteiger partial charge in [0.2, 0.25) is 0 Å². The lowest BCUT2D eigenvalue weighted by Gasteiger charge is -2.18. The maximum Gasteiger partial charge on any atom is 0.329 e. The van der Waals surface area contributed by atoms with Crippen molar-refractivity contribution in [3.05, 3.63) is 106 Å². The second-order valence-electron chi connectivity index (χ2n) is 8.23. The monoisotopic (exact) mass is 487 g/mol. The van der Waals surface area contributed by atoms with Crippen LogP contribution in [0.4, 0.5) is 0 Å². The Hall–Kier alpha value is -2.93. The summed E-state index contributed by atoms with van der Waals surface area (Å²) in [5, 5.41) is 9.09. The molecule has 1 aromatic heterocycles. The average Bonchev–Trinajstić information content (AvgIpc) is 3.41. The molecule has 0 aliphatic heterocycles. The van der Waals surface area contributed by atoms with Crippen molar-refractivity contribution in [1.29, 1.82) is 0 Å². The molecule has 0 amide bonds. The lowest BCUT2D eigenvalue weighted by Crippen LogP contribution is -2.10. The van der Waals surface area contributed by atoms with E-state index in [2.05, 4.69) is 60.7 Å². The number of benzene rings is 3. The quantitative estimate of drug-likeness (QED) is 0.192. The zero-order chi connectivity index (χ0) is 23.3. The fourth-order valence-electron chi connectivity index (χ4n) is 4.49. The van der Waals surface area contributed by atoms with E-state index < -0.39 is 5.97 Å². The van der Waals surface area contributed by atoms with Crippen LogP contribution in [0.5, 0.6) is 0 Å². The van der Waals surface area contributed by atoms with Crippen LogP contribution in [0.3, 0.4) is 0 Å². The third-order valence-electron chi connectivity index (χ3n) is 6.01. The number of carboxylic acids is 1. The molecular formula is C28H25NO3S2. The highest BCUT2D eigenvalue weighted by Crippen LogP contribution is 2.49. The molecule has 1 aliphatic rings. The first-order chi connectivity index (χ1) is 16.7. The SMILES string of the molecule is O=C(O)COC1c2ccccc2-c2nc(SCCCC(c3ccccc3)c3ccccc3)sc21. The van der Waals surface area contributed by atoms with Crippen molar-refractivity contribution < 1.29 is 14.6 Å². The van der Waals surface area contributed by atoms with E-state index in [0.717, 1.165) is 44.6 Å². The Morgan fingerprint density at radius 3 is 2.29 bits per heavy atom. The molecular weight excluding hydrogens is 462 g/mol. The minimum Gasteiger partial charge on any atom is -0.480 e. The van der Waals surface area contributed by atoms with Gasteiger partial charge in [-0.2, -0.15) is 0 Å². The van der Waals surface area contributed by atoms with Crippen molar-refractivity contribution in [3.63, 3.8) is 0 Å². The van der Waals surface area contributed by atoms with Crippen molar-refractivity contribution in [2.45, 2.75) is 29.2 Å². The van der Waals surface area contributed by atoms with Crippen molar-refractivity contribution in [2.24, 2.45) is 0 Å². The van der Waals surface area contributed by atoms with E-state index in [1.165, 1.54) is 11.1 Å². The third kappa shape index (κ3) is 4.94. The summed E-state index contributed by atoms with van der Waals surface area (Å²) in [6.45, 7) is -0.320. The number of carbonyl (C=O) groups is 1. The first-order valence-corrected chi connectivity index (χ1v) is 13.2. The van der Waals surface area contributed by atoms with Crippen molar-refractivity contribution in [3.8, 4) is 11.3 Å². The Morgan fingerprint density at radius 2 is 1.62 bits per heavy atom. The summed E-state index contributed by atoms with van der Waals surface area (Å²) in [6.07, 6.45) is 1.78. The molecule has 172 valence electrons. The lowest BCUT2D eigenvalue weighted by molar-refractivity contribution is -0.143. The van der Waals surface area contributed by atoms with Crippen LogP contribution in [0.1, 0.15) is 46.4 Å². The predicted octanol–water partition coefficient (Wildman–Crippen LogP) is 7.02. The van der Waals surface area contributed by atoms with E-state index in [0.29, 0.717) is 5.92 Å². The third-order valence-corrected chi connectivity index (χ3v) is 8.34. The summed E-state index contributed by atoms with van der Waals surface area (Å²) < 4.78 is 6.76. The Morgan fingerprint density at radius 1 is 0.971 bits per heavy atom. The van der Waals surface area contributed by atoms with Crippen molar-refractivity contribution in [1.82, 2.24) is 4.98 Å². The van der Waals surface area contributed by atoms with Crippen molar-refractivity contribution in [2.75, 3.05) is 12.4 Å². The second kappa shape index (κ2) is 10.6. The standard InChI is InChI=1S/C28H25NO3S2/c30-24(31)18-32-26-23-15-8-7-14-22(23)25-27(26)34-28(29-25)33-17-9-16-21(19-10-3-1-4-11-19)20-12-5-2-6-13-20/h1-8,10-15,21,26H,9,16-18H2,(H,30,31). The normalized spacial score (nSPS) is 14.2. The molecule has 3 aromatic carbocycles. The van der Waals surface area contributed by atoms with Crippen LogP contribution < -0.4 is 0 Å². The molecule has 6 heteroatoms. The van der Waals surface area contributed by atoms with Gasteiger partial charge >= 0.3 is 5.97 Å². The van der Waals surface area contributed by atoms with Gasteiger partial charge in [-0.05, 0) is 29.5 Å². The number of carboxylic acid groups (broad SMARTS) is 1. The number of hydrogen-bond donors (Lipinski definition) is 1. The topological polar surface area (TPSA) is 59.4 Å². The van der Waals surface area contributed by atoms with Gasteiger partial charge in [-0.15, -0.1) is 11.3 Å². The fourth-order valence-corrected chi connectivity index (χ4v) is 6.77. The maximum atomic E-state index is 11.1. The minimum absolute atomic E-state index is 0.320. The van der Waals surface area contributed by atoms with Gasteiger partial charge in [0.15, 0.2) is 4.34 Å². The summed E-state index contributed by atoms with van der Waals surface area (Å²) in [6, 6.07) is 29.4. The smallest absolute Gasteiger partial charge is 0.329 e. The Bertz CT molecular complexity index is 1220. The van der Waals surface area contributed by atoms with E-state index in [9.17, 15) is 4.79 Å². The van der Waals surface area contributed by atoms with E-state index in [1.807, 2.05) is 24.3 Å². The van der Waals surface area contributed by atoms with Gasteiger partial charge in [-0.3, -0.25) is 0 Å². The molecule has 1 unspecified atom stereocenters. The summed E-state index contributed by atoms with van der Waals surface area (Å²) in [7, 11) is 0. The molecule has 1 aliphatic carbocycles. The van der Waals surface area contributed by atoms with Gasteiger partial charge in [0.25, 0.3) is 0 Å². The number of thioether (sulfide) groups is 1. The highest BCUT2D eigenvalue weighted by atomic mass is 32.2. The van der Waals surface area contributed by atoms with Crippen LogP contribution in [0.25, 0.3) is 11.3 Å². The zero-order valence-electron chi connectivity index (χ0n) is 18.6. The van der Waals surface area contributed by atoms with Crippen LogP contribution in [0.15, 0.2) is 89.3 Å². The first kappa shape index (κ1) is 22.8. The van der Waals surface area contributed by atoms with Gasteiger partial charge in [0.05, 0.1) is 10.6 Å². The van der Waals surface area contributed by atoms with Gasteiger partial charge in [0, 0.05) is 17.2 Å². The van der Waals surface area contributed by atoms with Crippen LogP contribution in [0, 0.1) is 0 Å². The van der Waals surface area contributed by atoms with E-state index in [1.54, 1.807) is 23.1 Å². The molecule has 0 saturated carbocycles. The number of rotatable bonds is 10. The molecule has 4 aromatic rings. The maximum absolute atomic E-state index is 11.1. The Balaban J connectivity index is 1.26. The molecule has 1 atom stereocenters. The Labute approximate surface area is 207 Å². The summed E-state index contributed by atoms with van der Waals surface area (Å²) >= 11 is 3.40. The molecule has 0 spiro atoms. The molecule has 5 rings (SSSR count). The predicted molar refractivity (Wildman–Crippen MR) is 138 cm³/mol. The number of aromatic nitrogens is 1. The van der Waals surface area contributed by atoms with Gasteiger partial charge in [0.1, 0.15) is 12.7 Å². The molecule has 1 heterocycles. The number of hydrogen-bond acceptors (Lipinski definition) is 5. The van der Waals surface area contributed by atoms with Crippen LogP contribution in [-0.4, -0.2) is 28.4 Å². The van der Waals surface area contributed by atoms with Crippen LogP contribution in [0.2, 0.25) is 0 Å². The molecule has 0 radical (unpaired) electrons. The number of thiazole rings is 1. The number of aliphatic carboxylic acids is 1. The molecule has 34 heavy (non-hydrogen) atoms. The van der Waals surface area contributed by atoms with E-state index in [4.69, 9.17) is 14.8 Å². The van der Waals surface area contributed by atoms with Gasteiger partial charge in [-0.25, -0.2) is 9.78 Å². The highest BCUT2D eigenvalue weighted by molar-refractivity contribution is 8.01. The minimum atomic E-state index is -0.962. The highest BCUT2D eigenvalue weighted by Gasteiger charge is 2.33. The number of fused-ring (bicyclic) bond motifs is 3. The molecule has 4 nitrogen and oxygen atoms in total. The number of nitrogens with zero attached hydrogens (tertiary/aromatic N) is 1. The van der Waals surface area contributed by atoms with Crippen molar-refractivity contribution >= 4 is 29.1 Å². The zero-order valence-corrected chi connectivity index (χ0v) is 20.2. The second-order valence-corrected chi connectivity index (χ2v) is 10.6. The fraction of sp³-hybridized carbons (Fsp3) is 0.214. The summed E-state index contributed by atoms with van der Waals surface area (Å²) in [4.78, 5) is 17.0. The van der Waals surface area contributed by atoms with E-state index >= 15 is 0 Å². The number of ether oxygens (including phenoxy) is 1. The molecule has 0 bridgehead atoms. The summed E-state index contributed by atoms with van der Waals surface area (Å²) in [5.74, 6) is 0.395. The van der Waals surface area contributed by atoms with Gasteiger partial charge in [-0.1, -0.05) is 96.7 Å². The molecule has 0 saturated heterocycles. The molecule has 1 N–H and O–H groups in total. The average molecular weight is 488 g/mol. The Kier molecular flexibility index (Phi) is 7.09. The van der Waals surface area contributed by atoms with Gasteiger partial charge < -0.3 is 9.84 Å².